The van der Waals surface area contributed by atoms with Crippen LogP contribution < -0.4 is 0 Å². The number of carbonyl (C=O) groups excluding carboxylic acids is 2. The van der Waals surface area contributed by atoms with Crippen LogP contribution in [0, 0.1) is 11.7 Å². The van der Waals surface area contributed by atoms with Crippen LogP contribution in [0.3, 0.4) is 0 Å². The van der Waals surface area contributed by atoms with Gasteiger partial charge in [-0.05, 0) is 30.2 Å². The van der Waals surface area contributed by atoms with Gasteiger partial charge in [0.25, 0.3) is 11.8 Å². The van der Waals surface area contributed by atoms with E-state index in [1.54, 1.807) is 34.1 Å². The molecule has 2 aromatic rings. The summed E-state index contributed by atoms with van der Waals surface area (Å²) in [6, 6.07) is 9.26. The monoisotopic (exact) mass is 388 g/mol. The lowest BCUT2D eigenvalue weighted by Crippen LogP contribution is -2.51. The fourth-order valence-electron chi connectivity index (χ4n) is 3.30. The number of nitrogens with zero attached hydrogens (tertiary/aromatic N) is 2. The lowest BCUT2D eigenvalue weighted by atomic mass is 10.1. The average molecular weight is 388 g/mol. The summed E-state index contributed by atoms with van der Waals surface area (Å²) in [6.07, 6.45) is 1.12. The summed E-state index contributed by atoms with van der Waals surface area (Å²) in [5.41, 5.74) is 0.0440. The van der Waals surface area contributed by atoms with Gasteiger partial charge in [0, 0.05) is 26.2 Å². The highest BCUT2D eigenvalue weighted by atomic mass is 19.1. The molecule has 0 N–H and O–H groups in total. The predicted octanol–water partition coefficient (Wildman–Crippen LogP) is 3.06. The molecule has 0 radical (unpaired) electrons. The molecule has 2 heterocycles. The molecule has 7 heteroatoms. The maximum absolute atomic E-state index is 14.1. The van der Waals surface area contributed by atoms with Gasteiger partial charge in [0.2, 0.25) is 0 Å². The van der Waals surface area contributed by atoms with Gasteiger partial charge in [0.1, 0.15) is 5.82 Å². The maximum Gasteiger partial charge on any atom is 0.289 e. The molecule has 0 spiro atoms. The van der Waals surface area contributed by atoms with Crippen LogP contribution in [-0.4, -0.2) is 60.5 Å². The van der Waals surface area contributed by atoms with E-state index in [9.17, 15) is 14.0 Å². The number of hydrogen-bond donors (Lipinski definition) is 0. The first-order chi connectivity index (χ1) is 13.5. The fourth-order valence-corrected chi connectivity index (χ4v) is 3.30. The molecule has 1 aromatic carbocycles. The number of hydrogen-bond acceptors (Lipinski definition) is 4. The number of furan rings is 1. The minimum atomic E-state index is -0.541. The molecule has 3 rings (SSSR count). The molecule has 6 nitrogen and oxygen atoms in total. The van der Waals surface area contributed by atoms with E-state index in [-0.39, 0.29) is 41.7 Å². The summed E-state index contributed by atoms with van der Waals surface area (Å²) in [5.74, 6) is -0.623. The number of benzene rings is 1. The summed E-state index contributed by atoms with van der Waals surface area (Å²) in [7, 11) is 0. The number of ether oxygens (including phenoxy) is 1. The van der Waals surface area contributed by atoms with Gasteiger partial charge >= 0.3 is 0 Å². The lowest BCUT2D eigenvalue weighted by molar-refractivity contribution is -0.0348. The van der Waals surface area contributed by atoms with Crippen molar-refractivity contribution in [2.45, 2.75) is 20.0 Å². The number of amides is 2. The van der Waals surface area contributed by atoms with Gasteiger partial charge in [-0.2, -0.15) is 0 Å². The standard InChI is InChI=1S/C21H25FN2O4/c1-15(2)12-24(20(25)17-6-3-4-7-18(17)22)14-16-13-23(9-11-27-16)21(26)19-8-5-10-28-19/h3-8,10,15-16H,9,11-14H2,1-2H3/t16-/m0/s1. The van der Waals surface area contributed by atoms with E-state index >= 15 is 0 Å². The Bertz CT molecular complexity index is 806. The zero-order valence-electron chi connectivity index (χ0n) is 16.1. The Morgan fingerprint density at radius 3 is 2.71 bits per heavy atom. The van der Waals surface area contributed by atoms with Crippen molar-refractivity contribution in [1.82, 2.24) is 9.80 Å². The van der Waals surface area contributed by atoms with Gasteiger partial charge in [-0.15, -0.1) is 0 Å². The predicted molar refractivity (Wildman–Crippen MR) is 101 cm³/mol. The third-order valence-electron chi connectivity index (χ3n) is 4.56. The van der Waals surface area contributed by atoms with Gasteiger partial charge in [0.15, 0.2) is 5.76 Å². The number of halogens is 1. The van der Waals surface area contributed by atoms with E-state index in [1.165, 1.54) is 18.4 Å². The summed E-state index contributed by atoms with van der Waals surface area (Å²) in [5, 5.41) is 0. The molecule has 0 aliphatic carbocycles. The van der Waals surface area contributed by atoms with Crippen LogP contribution >= 0.6 is 0 Å². The van der Waals surface area contributed by atoms with Gasteiger partial charge in [0.05, 0.1) is 24.5 Å². The van der Waals surface area contributed by atoms with E-state index in [4.69, 9.17) is 9.15 Å². The van der Waals surface area contributed by atoms with E-state index in [0.29, 0.717) is 26.2 Å². The van der Waals surface area contributed by atoms with Crippen molar-refractivity contribution < 1.29 is 23.1 Å². The first kappa shape index (κ1) is 20.1. The first-order valence-corrected chi connectivity index (χ1v) is 9.44. The summed E-state index contributed by atoms with van der Waals surface area (Å²) in [6.45, 7) is 5.93. The van der Waals surface area contributed by atoms with Crippen LogP contribution in [0.15, 0.2) is 47.1 Å². The zero-order chi connectivity index (χ0) is 20.1. The van der Waals surface area contributed by atoms with Gasteiger partial charge in [-0.3, -0.25) is 9.59 Å². The number of morpholine rings is 1. The molecule has 1 aromatic heterocycles. The van der Waals surface area contributed by atoms with Crippen LogP contribution in [0.4, 0.5) is 4.39 Å². The lowest BCUT2D eigenvalue weighted by Gasteiger charge is -2.36. The van der Waals surface area contributed by atoms with Crippen molar-refractivity contribution in [3.8, 4) is 0 Å². The molecule has 1 aliphatic heterocycles. The Morgan fingerprint density at radius 1 is 1.25 bits per heavy atom. The molecule has 1 atom stereocenters. The molecular formula is C21H25FN2O4. The molecule has 0 saturated carbocycles. The van der Waals surface area contributed by atoms with Crippen LogP contribution in [0.1, 0.15) is 34.8 Å². The molecule has 150 valence electrons. The minimum Gasteiger partial charge on any atom is -0.459 e. The van der Waals surface area contributed by atoms with Crippen LogP contribution in [0.5, 0.6) is 0 Å². The first-order valence-electron chi connectivity index (χ1n) is 9.44. The van der Waals surface area contributed by atoms with E-state index in [2.05, 4.69) is 0 Å². The highest BCUT2D eigenvalue weighted by Crippen LogP contribution is 2.16. The van der Waals surface area contributed by atoms with E-state index in [1.807, 2.05) is 13.8 Å². The van der Waals surface area contributed by atoms with Crippen molar-refractivity contribution in [2.75, 3.05) is 32.8 Å². The SMILES string of the molecule is CC(C)CN(C[C@@H]1CN(C(=O)c2ccco2)CCO1)C(=O)c1ccccc1F. The van der Waals surface area contributed by atoms with Crippen molar-refractivity contribution in [2.24, 2.45) is 5.92 Å². The normalized spacial score (nSPS) is 17.0. The van der Waals surface area contributed by atoms with Crippen molar-refractivity contribution in [3.05, 3.63) is 59.8 Å². The number of rotatable bonds is 6. The Morgan fingerprint density at radius 2 is 2.04 bits per heavy atom. The summed E-state index contributed by atoms with van der Waals surface area (Å²) in [4.78, 5) is 28.7. The maximum atomic E-state index is 14.1. The summed E-state index contributed by atoms with van der Waals surface area (Å²) >= 11 is 0. The molecule has 1 aliphatic rings. The molecule has 1 saturated heterocycles. The fraction of sp³-hybridized carbons (Fsp3) is 0.429. The zero-order valence-corrected chi connectivity index (χ0v) is 16.1. The van der Waals surface area contributed by atoms with Gasteiger partial charge in [-0.1, -0.05) is 26.0 Å². The molecule has 28 heavy (non-hydrogen) atoms. The molecule has 0 unspecified atom stereocenters. The average Bonchev–Trinajstić information content (AvgIpc) is 3.21. The second-order valence-corrected chi connectivity index (χ2v) is 7.31. The quantitative estimate of drug-likeness (QED) is 0.763. The summed E-state index contributed by atoms with van der Waals surface area (Å²) < 4.78 is 25.1. The Hall–Kier alpha value is -2.67. The van der Waals surface area contributed by atoms with Crippen molar-refractivity contribution >= 4 is 11.8 Å². The second-order valence-electron chi connectivity index (χ2n) is 7.31. The van der Waals surface area contributed by atoms with Crippen molar-refractivity contribution in [3.63, 3.8) is 0 Å². The van der Waals surface area contributed by atoms with Crippen LogP contribution in [0.2, 0.25) is 0 Å². The molecule has 2 amide bonds. The number of carbonyl (C=O) groups is 2. The Labute approximate surface area is 163 Å². The molecular weight excluding hydrogens is 363 g/mol. The second kappa shape index (κ2) is 9.01. The molecule has 1 fully saturated rings. The third-order valence-corrected chi connectivity index (χ3v) is 4.56. The van der Waals surface area contributed by atoms with Crippen LogP contribution in [0.25, 0.3) is 0 Å². The highest BCUT2D eigenvalue weighted by Gasteiger charge is 2.30. The topological polar surface area (TPSA) is 63.0 Å². The minimum absolute atomic E-state index is 0.0440. The van der Waals surface area contributed by atoms with E-state index < -0.39 is 5.82 Å². The van der Waals surface area contributed by atoms with Crippen molar-refractivity contribution in [1.29, 1.82) is 0 Å². The van der Waals surface area contributed by atoms with Gasteiger partial charge < -0.3 is 19.0 Å². The highest BCUT2D eigenvalue weighted by molar-refractivity contribution is 5.94. The Kier molecular flexibility index (Phi) is 6.46. The van der Waals surface area contributed by atoms with Crippen LogP contribution in [-0.2, 0) is 4.74 Å². The Balaban J connectivity index is 1.71. The smallest absolute Gasteiger partial charge is 0.289 e. The van der Waals surface area contributed by atoms with E-state index in [0.717, 1.165) is 0 Å². The largest absolute Gasteiger partial charge is 0.459 e. The molecule has 0 bridgehead atoms. The third kappa shape index (κ3) is 4.78. The van der Waals surface area contributed by atoms with Gasteiger partial charge in [-0.25, -0.2) is 4.39 Å².